The molecule has 0 amide bonds. The molecule has 0 radical (unpaired) electrons. The first kappa shape index (κ1) is 18.0. The molecular weight excluding hydrogens is 350 g/mol. The van der Waals surface area contributed by atoms with Crippen LogP contribution in [0.1, 0.15) is 37.1 Å². The minimum atomic E-state index is -0.218. The molecule has 1 aromatic carbocycles. The van der Waals surface area contributed by atoms with Crippen molar-refractivity contribution in [2.24, 2.45) is 5.92 Å². The Morgan fingerprint density at radius 3 is 2.73 bits per heavy atom. The molecule has 26 heavy (non-hydrogen) atoms. The van der Waals surface area contributed by atoms with E-state index in [0.717, 1.165) is 12.0 Å². The quantitative estimate of drug-likeness (QED) is 0.692. The zero-order valence-electron chi connectivity index (χ0n) is 14.7. The summed E-state index contributed by atoms with van der Waals surface area (Å²) in [4.78, 5) is 16.9. The van der Waals surface area contributed by atoms with Gasteiger partial charge in [-0.05, 0) is 36.5 Å². The number of benzene rings is 1. The number of aromatic nitrogens is 3. The van der Waals surface area contributed by atoms with Gasteiger partial charge < -0.3 is 5.32 Å². The number of aromatic amines is 1. The van der Waals surface area contributed by atoms with Crippen molar-refractivity contribution in [3.63, 3.8) is 0 Å². The van der Waals surface area contributed by atoms with Gasteiger partial charge in [0.1, 0.15) is 17.5 Å². The van der Waals surface area contributed by atoms with Crippen LogP contribution in [0.2, 0.25) is 5.02 Å². The number of hydrogen-bond donors (Lipinski definition) is 2. The Labute approximate surface area is 156 Å². The molecule has 0 aliphatic heterocycles. The van der Waals surface area contributed by atoms with E-state index in [1.54, 1.807) is 0 Å². The van der Waals surface area contributed by atoms with Crippen molar-refractivity contribution >= 4 is 23.1 Å². The van der Waals surface area contributed by atoms with Gasteiger partial charge in [-0.25, -0.2) is 4.98 Å². The van der Waals surface area contributed by atoms with Gasteiger partial charge in [-0.1, -0.05) is 37.6 Å². The van der Waals surface area contributed by atoms with Crippen LogP contribution in [-0.4, -0.2) is 14.6 Å². The molecule has 2 heterocycles. The van der Waals surface area contributed by atoms with Crippen LogP contribution in [0.15, 0.2) is 35.1 Å². The van der Waals surface area contributed by atoms with Crippen LogP contribution in [-0.2, 0) is 13.0 Å². The molecule has 3 aromatic rings. The third-order valence-corrected chi connectivity index (χ3v) is 4.39. The van der Waals surface area contributed by atoms with Crippen LogP contribution in [0.5, 0.6) is 0 Å². The Bertz CT molecular complexity index is 1010. The van der Waals surface area contributed by atoms with E-state index in [2.05, 4.69) is 35.3 Å². The predicted octanol–water partition coefficient (Wildman–Crippen LogP) is 3.75. The number of rotatable bonds is 6. The number of halogens is 1. The summed E-state index contributed by atoms with van der Waals surface area (Å²) in [5, 5.41) is 16.3. The number of H-pyrrole nitrogens is 1. The second-order valence-electron chi connectivity index (χ2n) is 6.63. The van der Waals surface area contributed by atoms with E-state index in [1.165, 1.54) is 10.6 Å². The Balaban J connectivity index is 1.91. The molecule has 0 saturated carbocycles. The Morgan fingerprint density at radius 2 is 2.08 bits per heavy atom. The summed E-state index contributed by atoms with van der Waals surface area (Å²) in [6, 6.07) is 11.1. The highest BCUT2D eigenvalue weighted by Gasteiger charge is 2.15. The first-order valence-corrected chi connectivity index (χ1v) is 8.89. The average molecular weight is 370 g/mol. The van der Waals surface area contributed by atoms with Gasteiger partial charge in [0.15, 0.2) is 5.65 Å². The highest BCUT2D eigenvalue weighted by molar-refractivity contribution is 6.30. The van der Waals surface area contributed by atoms with Gasteiger partial charge in [-0.3, -0.25) is 9.89 Å². The van der Waals surface area contributed by atoms with Gasteiger partial charge in [-0.15, -0.1) is 0 Å². The van der Waals surface area contributed by atoms with E-state index in [0.29, 0.717) is 46.6 Å². The molecule has 6 nitrogen and oxygen atoms in total. The molecule has 0 spiro atoms. The van der Waals surface area contributed by atoms with Crippen molar-refractivity contribution in [2.45, 2.75) is 33.2 Å². The highest BCUT2D eigenvalue weighted by atomic mass is 35.5. The normalized spacial score (nSPS) is 11.0. The fourth-order valence-corrected chi connectivity index (χ4v) is 2.80. The predicted molar refractivity (Wildman–Crippen MR) is 102 cm³/mol. The molecule has 0 bridgehead atoms. The van der Waals surface area contributed by atoms with E-state index in [-0.39, 0.29) is 5.56 Å². The first-order chi connectivity index (χ1) is 12.5. The minimum Gasteiger partial charge on any atom is -0.365 e. The molecule has 2 aromatic heterocycles. The molecule has 7 heteroatoms. The van der Waals surface area contributed by atoms with Gasteiger partial charge in [0.2, 0.25) is 0 Å². The lowest BCUT2D eigenvalue weighted by atomic mass is 10.1. The maximum atomic E-state index is 12.4. The van der Waals surface area contributed by atoms with E-state index >= 15 is 0 Å². The van der Waals surface area contributed by atoms with Crippen LogP contribution in [0.25, 0.3) is 5.65 Å². The number of fused-ring (bicyclic) bond motifs is 1. The van der Waals surface area contributed by atoms with Crippen molar-refractivity contribution in [3.05, 3.63) is 62.5 Å². The standard InChI is InChI=1S/C19H20ClN5O/c1-12(2)3-8-15-9-17(26)25-19(23-15)16(10-21)18(24-25)22-11-13-4-6-14(20)7-5-13/h4-7,9,12,22,24H,3,8,11H2,1-2H3. The van der Waals surface area contributed by atoms with Crippen LogP contribution in [0.4, 0.5) is 5.82 Å². The fourth-order valence-electron chi connectivity index (χ4n) is 2.68. The van der Waals surface area contributed by atoms with E-state index in [4.69, 9.17) is 11.6 Å². The molecule has 0 atom stereocenters. The summed E-state index contributed by atoms with van der Waals surface area (Å²) in [7, 11) is 0. The Hall–Kier alpha value is -2.78. The summed E-state index contributed by atoms with van der Waals surface area (Å²) in [5.74, 6) is 1.00. The summed E-state index contributed by atoms with van der Waals surface area (Å²) in [5.41, 5.74) is 2.20. The smallest absolute Gasteiger partial charge is 0.272 e. The average Bonchev–Trinajstić information content (AvgIpc) is 2.97. The van der Waals surface area contributed by atoms with E-state index in [9.17, 15) is 10.1 Å². The van der Waals surface area contributed by atoms with Crippen LogP contribution in [0.3, 0.4) is 0 Å². The van der Waals surface area contributed by atoms with Crippen molar-refractivity contribution in [2.75, 3.05) is 5.32 Å². The maximum Gasteiger partial charge on any atom is 0.272 e. The first-order valence-electron chi connectivity index (χ1n) is 8.51. The summed E-state index contributed by atoms with van der Waals surface area (Å²) in [6.07, 6.45) is 1.66. The van der Waals surface area contributed by atoms with Crippen molar-refractivity contribution in [1.29, 1.82) is 5.26 Å². The molecule has 2 N–H and O–H groups in total. The number of hydrogen-bond acceptors (Lipinski definition) is 4. The highest BCUT2D eigenvalue weighted by Crippen LogP contribution is 2.19. The lowest BCUT2D eigenvalue weighted by Crippen LogP contribution is -2.16. The SMILES string of the molecule is CC(C)CCc1cc(=O)n2[nH]c(NCc3ccc(Cl)cc3)c(C#N)c2n1. The summed E-state index contributed by atoms with van der Waals surface area (Å²) in [6.45, 7) is 4.75. The fraction of sp³-hybridized carbons (Fsp3) is 0.316. The van der Waals surface area contributed by atoms with Crippen LogP contribution >= 0.6 is 11.6 Å². The topological polar surface area (TPSA) is 86.0 Å². The van der Waals surface area contributed by atoms with Crippen molar-refractivity contribution in [1.82, 2.24) is 14.6 Å². The second-order valence-corrected chi connectivity index (χ2v) is 7.07. The van der Waals surface area contributed by atoms with Gasteiger partial charge in [-0.2, -0.15) is 9.78 Å². The third-order valence-electron chi connectivity index (χ3n) is 4.14. The molecule has 0 unspecified atom stereocenters. The lowest BCUT2D eigenvalue weighted by Gasteiger charge is -2.04. The Kier molecular flexibility index (Phi) is 5.29. The molecule has 0 aliphatic carbocycles. The van der Waals surface area contributed by atoms with Crippen LogP contribution in [0, 0.1) is 17.2 Å². The van der Waals surface area contributed by atoms with Gasteiger partial charge in [0.05, 0.1) is 0 Å². The van der Waals surface area contributed by atoms with Crippen molar-refractivity contribution < 1.29 is 0 Å². The van der Waals surface area contributed by atoms with Gasteiger partial charge in [0, 0.05) is 23.3 Å². The zero-order chi connectivity index (χ0) is 18.7. The second kappa shape index (κ2) is 7.63. The minimum absolute atomic E-state index is 0.218. The third kappa shape index (κ3) is 3.89. The summed E-state index contributed by atoms with van der Waals surface area (Å²) < 4.78 is 1.31. The molecule has 0 saturated heterocycles. The number of nitriles is 1. The number of aryl methyl sites for hydroxylation is 1. The van der Waals surface area contributed by atoms with E-state index in [1.807, 2.05) is 24.3 Å². The monoisotopic (exact) mass is 369 g/mol. The van der Waals surface area contributed by atoms with Crippen LogP contribution < -0.4 is 10.9 Å². The molecule has 134 valence electrons. The number of anilines is 1. The lowest BCUT2D eigenvalue weighted by molar-refractivity contribution is 0.581. The molecule has 0 aliphatic rings. The summed E-state index contributed by atoms with van der Waals surface area (Å²) >= 11 is 5.89. The largest absolute Gasteiger partial charge is 0.365 e. The van der Waals surface area contributed by atoms with Gasteiger partial charge >= 0.3 is 0 Å². The number of nitrogens with zero attached hydrogens (tertiary/aromatic N) is 3. The van der Waals surface area contributed by atoms with Gasteiger partial charge in [0.25, 0.3) is 5.56 Å². The Morgan fingerprint density at radius 1 is 1.35 bits per heavy atom. The zero-order valence-corrected chi connectivity index (χ0v) is 15.5. The molecule has 0 fully saturated rings. The van der Waals surface area contributed by atoms with E-state index < -0.39 is 0 Å². The number of nitrogens with one attached hydrogen (secondary N) is 2. The molecule has 3 rings (SSSR count). The molecular formula is C19H20ClN5O. The maximum absolute atomic E-state index is 12.4. The van der Waals surface area contributed by atoms with Crippen molar-refractivity contribution in [3.8, 4) is 6.07 Å².